The zero-order chi connectivity index (χ0) is 18.7. The molecule has 2 aliphatic rings. The summed E-state index contributed by atoms with van der Waals surface area (Å²) in [6.07, 6.45) is 4.81. The number of imidazole rings is 1. The molecule has 26 heavy (non-hydrogen) atoms. The van der Waals surface area contributed by atoms with Crippen LogP contribution in [0.2, 0.25) is 0 Å². The molecule has 10 heteroatoms. The van der Waals surface area contributed by atoms with Gasteiger partial charge < -0.3 is 25.6 Å². The molecule has 0 aliphatic carbocycles. The third-order valence-corrected chi connectivity index (χ3v) is 4.73. The standard InChI is InChI=1S/C16H21N5O5/c22-13-4-3-10(19-13)14(23)20-11(6-9-7-17-8-18-9)15(24)21-5-1-2-12(21)16(25)26/h7-8,10-12H,1-6H2,(H,17,18)(H,19,22)(H,20,23)(H,25,26)/t10-,11+,12-/m1/s1. The van der Waals surface area contributed by atoms with Gasteiger partial charge in [-0.2, -0.15) is 0 Å². The summed E-state index contributed by atoms with van der Waals surface area (Å²) < 4.78 is 0. The van der Waals surface area contributed by atoms with Crippen molar-refractivity contribution in [2.45, 2.75) is 50.2 Å². The highest BCUT2D eigenvalue weighted by Gasteiger charge is 2.39. The minimum Gasteiger partial charge on any atom is -0.480 e. The number of rotatable bonds is 6. The van der Waals surface area contributed by atoms with Gasteiger partial charge in [0.1, 0.15) is 18.1 Å². The van der Waals surface area contributed by atoms with Gasteiger partial charge in [0.2, 0.25) is 17.7 Å². The molecule has 2 saturated heterocycles. The van der Waals surface area contributed by atoms with E-state index in [1.165, 1.54) is 11.2 Å². The van der Waals surface area contributed by atoms with Crippen LogP contribution in [0.15, 0.2) is 12.5 Å². The van der Waals surface area contributed by atoms with Crippen LogP contribution in [0.5, 0.6) is 0 Å². The summed E-state index contributed by atoms with van der Waals surface area (Å²) in [4.78, 5) is 56.1. The zero-order valence-electron chi connectivity index (χ0n) is 14.1. The Morgan fingerprint density at radius 3 is 2.81 bits per heavy atom. The second-order valence-electron chi connectivity index (χ2n) is 6.53. The predicted molar refractivity (Wildman–Crippen MR) is 87.8 cm³/mol. The smallest absolute Gasteiger partial charge is 0.326 e. The van der Waals surface area contributed by atoms with E-state index in [2.05, 4.69) is 20.6 Å². The molecular weight excluding hydrogens is 342 g/mol. The van der Waals surface area contributed by atoms with Crippen LogP contribution < -0.4 is 10.6 Å². The number of hydrogen-bond acceptors (Lipinski definition) is 5. The lowest BCUT2D eigenvalue weighted by Crippen LogP contribution is -2.55. The van der Waals surface area contributed by atoms with E-state index in [4.69, 9.17) is 0 Å². The number of carboxylic acid groups (broad SMARTS) is 1. The van der Waals surface area contributed by atoms with Crippen molar-refractivity contribution in [3.8, 4) is 0 Å². The highest BCUT2D eigenvalue weighted by molar-refractivity contribution is 5.95. The number of amides is 3. The highest BCUT2D eigenvalue weighted by Crippen LogP contribution is 2.19. The molecule has 10 nitrogen and oxygen atoms in total. The van der Waals surface area contributed by atoms with Gasteiger partial charge in [-0.05, 0) is 19.3 Å². The number of aromatic amines is 1. The number of nitrogens with one attached hydrogen (secondary N) is 3. The van der Waals surface area contributed by atoms with Gasteiger partial charge >= 0.3 is 5.97 Å². The van der Waals surface area contributed by atoms with Crippen molar-refractivity contribution in [2.75, 3.05) is 6.54 Å². The van der Waals surface area contributed by atoms with E-state index in [-0.39, 0.29) is 18.7 Å². The Hall–Kier alpha value is -2.91. The Kier molecular flexibility index (Phi) is 5.19. The summed E-state index contributed by atoms with van der Waals surface area (Å²) in [5.74, 6) is -2.14. The van der Waals surface area contributed by atoms with E-state index in [0.717, 1.165) is 0 Å². The van der Waals surface area contributed by atoms with Gasteiger partial charge in [-0.15, -0.1) is 0 Å². The maximum absolute atomic E-state index is 12.9. The van der Waals surface area contributed by atoms with Crippen LogP contribution >= 0.6 is 0 Å². The maximum atomic E-state index is 12.9. The summed E-state index contributed by atoms with van der Waals surface area (Å²) in [5.41, 5.74) is 0.644. The lowest BCUT2D eigenvalue weighted by atomic mass is 10.1. The number of carbonyl (C=O) groups is 4. The molecule has 3 amide bonds. The molecule has 0 unspecified atom stereocenters. The summed E-state index contributed by atoms with van der Waals surface area (Å²) >= 11 is 0. The van der Waals surface area contributed by atoms with E-state index < -0.39 is 35.9 Å². The van der Waals surface area contributed by atoms with Crippen molar-refractivity contribution < 1.29 is 24.3 Å². The third-order valence-electron chi connectivity index (χ3n) is 4.73. The molecule has 0 spiro atoms. The van der Waals surface area contributed by atoms with Crippen molar-refractivity contribution in [3.63, 3.8) is 0 Å². The molecule has 0 bridgehead atoms. The van der Waals surface area contributed by atoms with Gasteiger partial charge in [0, 0.05) is 31.3 Å². The molecule has 2 aliphatic heterocycles. The first-order chi connectivity index (χ1) is 12.5. The summed E-state index contributed by atoms with van der Waals surface area (Å²) in [6, 6.07) is -2.48. The van der Waals surface area contributed by atoms with Crippen molar-refractivity contribution in [1.29, 1.82) is 0 Å². The number of aromatic nitrogens is 2. The second kappa shape index (κ2) is 7.54. The van der Waals surface area contributed by atoms with Crippen LogP contribution in [0.1, 0.15) is 31.4 Å². The lowest BCUT2D eigenvalue weighted by molar-refractivity contribution is -0.149. The number of likely N-dealkylation sites (tertiary alicyclic amines) is 1. The number of nitrogens with zero attached hydrogens (tertiary/aromatic N) is 2. The predicted octanol–water partition coefficient (Wildman–Crippen LogP) is -1.21. The summed E-state index contributed by atoms with van der Waals surface area (Å²) in [6.45, 7) is 0.339. The van der Waals surface area contributed by atoms with Gasteiger partial charge in [-0.3, -0.25) is 14.4 Å². The Morgan fingerprint density at radius 2 is 2.19 bits per heavy atom. The number of hydrogen-bond donors (Lipinski definition) is 4. The molecule has 140 valence electrons. The van der Waals surface area contributed by atoms with Gasteiger partial charge in [0.05, 0.1) is 6.33 Å². The van der Waals surface area contributed by atoms with E-state index in [1.54, 1.807) is 6.20 Å². The zero-order valence-corrected chi connectivity index (χ0v) is 14.1. The fourth-order valence-electron chi connectivity index (χ4n) is 3.39. The first-order valence-electron chi connectivity index (χ1n) is 8.56. The SMILES string of the molecule is O=C1CC[C@H](C(=O)N[C@@H](Cc2cnc[nH]2)C(=O)N2CCC[C@@H]2C(=O)O)N1. The topological polar surface area (TPSA) is 144 Å². The van der Waals surface area contributed by atoms with Crippen LogP contribution in [-0.2, 0) is 25.6 Å². The molecule has 0 aromatic carbocycles. The van der Waals surface area contributed by atoms with Gasteiger partial charge in [0.15, 0.2) is 0 Å². The molecule has 3 rings (SSSR count). The van der Waals surface area contributed by atoms with Crippen molar-refractivity contribution >= 4 is 23.7 Å². The molecule has 2 fully saturated rings. The number of aliphatic carboxylic acids is 1. The van der Waals surface area contributed by atoms with Crippen molar-refractivity contribution in [2.24, 2.45) is 0 Å². The van der Waals surface area contributed by atoms with Crippen LogP contribution in [0.4, 0.5) is 0 Å². The van der Waals surface area contributed by atoms with E-state index in [1.807, 2.05) is 0 Å². The Bertz CT molecular complexity index is 704. The first-order valence-corrected chi connectivity index (χ1v) is 8.56. The summed E-state index contributed by atoms with van der Waals surface area (Å²) in [7, 11) is 0. The summed E-state index contributed by atoms with van der Waals surface area (Å²) in [5, 5.41) is 14.5. The number of carbonyl (C=O) groups excluding carboxylic acids is 3. The largest absolute Gasteiger partial charge is 0.480 e. The molecule has 0 radical (unpaired) electrons. The van der Waals surface area contributed by atoms with Gasteiger partial charge in [-0.25, -0.2) is 9.78 Å². The molecule has 1 aromatic heterocycles. The second-order valence-corrected chi connectivity index (χ2v) is 6.53. The highest BCUT2D eigenvalue weighted by atomic mass is 16.4. The van der Waals surface area contributed by atoms with Gasteiger partial charge in [0.25, 0.3) is 0 Å². The minimum absolute atomic E-state index is 0.161. The molecular formula is C16H21N5O5. The van der Waals surface area contributed by atoms with Crippen LogP contribution in [0.3, 0.4) is 0 Å². The quantitative estimate of drug-likeness (QED) is 0.499. The van der Waals surface area contributed by atoms with E-state index in [9.17, 15) is 24.3 Å². The minimum atomic E-state index is -1.05. The van der Waals surface area contributed by atoms with Crippen LogP contribution in [0.25, 0.3) is 0 Å². The molecule has 3 atom stereocenters. The average molecular weight is 363 g/mol. The fourth-order valence-corrected chi connectivity index (χ4v) is 3.39. The third kappa shape index (κ3) is 3.84. The molecule has 1 aromatic rings. The number of carboxylic acids is 1. The van der Waals surface area contributed by atoms with Gasteiger partial charge in [-0.1, -0.05) is 0 Å². The normalized spacial score (nSPS) is 23.5. The molecule has 3 heterocycles. The number of H-pyrrole nitrogens is 1. The van der Waals surface area contributed by atoms with Crippen molar-refractivity contribution in [3.05, 3.63) is 18.2 Å². The lowest BCUT2D eigenvalue weighted by Gasteiger charge is -2.27. The Balaban J connectivity index is 1.74. The van der Waals surface area contributed by atoms with Crippen LogP contribution in [-0.4, -0.2) is 68.3 Å². The van der Waals surface area contributed by atoms with Crippen LogP contribution in [0, 0.1) is 0 Å². The Morgan fingerprint density at radius 1 is 1.38 bits per heavy atom. The molecule has 0 saturated carbocycles. The van der Waals surface area contributed by atoms with E-state index >= 15 is 0 Å². The Labute approximate surface area is 149 Å². The van der Waals surface area contributed by atoms with Crippen molar-refractivity contribution in [1.82, 2.24) is 25.5 Å². The molecule has 4 N–H and O–H groups in total. The fraction of sp³-hybridized carbons (Fsp3) is 0.562. The van der Waals surface area contributed by atoms with E-state index in [0.29, 0.717) is 31.5 Å². The monoisotopic (exact) mass is 363 g/mol. The maximum Gasteiger partial charge on any atom is 0.326 e. The average Bonchev–Trinajstić information content (AvgIpc) is 3.34. The first kappa shape index (κ1) is 17.9.